The Morgan fingerprint density at radius 1 is 1.59 bits per heavy atom. The van der Waals surface area contributed by atoms with E-state index < -0.39 is 5.92 Å². The van der Waals surface area contributed by atoms with Crippen molar-refractivity contribution in [2.45, 2.75) is 6.92 Å². The minimum atomic E-state index is -0.549. The van der Waals surface area contributed by atoms with E-state index in [-0.39, 0.29) is 5.97 Å². The van der Waals surface area contributed by atoms with Gasteiger partial charge in [0.25, 0.3) is 0 Å². The van der Waals surface area contributed by atoms with Gasteiger partial charge in [0.2, 0.25) is 0 Å². The van der Waals surface area contributed by atoms with E-state index in [1.54, 1.807) is 13.1 Å². The highest BCUT2D eigenvalue weighted by molar-refractivity contribution is 9.10. The van der Waals surface area contributed by atoms with Crippen LogP contribution in [0.2, 0.25) is 0 Å². The number of fused-ring (bicyclic) bond motifs is 1. The van der Waals surface area contributed by atoms with Crippen LogP contribution in [-0.2, 0) is 9.53 Å². The zero-order valence-electron chi connectivity index (χ0n) is 9.14. The largest absolute Gasteiger partial charge is 0.465 e. The monoisotopic (exact) mass is 311 g/mol. The fourth-order valence-corrected chi connectivity index (χ4v) is 2.29. The molecule has 3 nitrogen and oxygen atoms in total. The molecule has 1 aliphatic heterocycles. The lowest BCUT2D eigenvalue weighted by Crippen LogP contribution is -2.28. The first-order valence-corrected chi connectivity index (χ1v) is 6.38. The summed E-state index contributed by atoms with van der Waals surface area (Å²) in [6.07, 6.45) is 1.55. The summed E-state index contributed by atoms with van der Waals surface area (Å²) in [6, 6.07) is 5.63. The molecule has 1 aromatic carbocycles. The number of ether oxygens (including phenoxy) is 1. The number of benzene rings is 1. The molecule has 1 atom stereocenters. The normalized spacial score (nSPS) is 17.8. The third-order valence-electron chi connectivity index (χ3n) is 2.41. The van der Waals surface area contributed by atoms with Crippen LogP contribution in [0.15, 0.2) is 27.7 Å². The first-order chi connectivity index (χ1) is 8.13. The van der Waals surface area contributed by atoms with Crippen LogP contribution in [0.5, 0.6) is 0 Å². The lowest BCUT2D eigenvalue weighted by molar-refractivity contribution is -0.143. The van der Waals surface area contributed by atoms with Gasteiger partial charge in [0.1, 0.15) is 5.92 Å². The summed E-state index contributed by atoms with van der Waals surface area (Å²) < 4.78 is 5.88. The quantitative estimate of drug-likeness (QED) is 0.622. The molecule has 0 aromatic heterocycles. The Bertz CT molecular complexity index is 513. The smallest absolute Gasteiger partial charge is 0.319 e. The van der Waals surface area contributed by atoms with E-state index in [0.29, 0.717) is 11.5 Å². The Labute approximate surface area is 113 Å². The van der Waals surface area contributed by atoms with Gasteiger partial charge in [-0.05, 0) is 25.1 Å². The highest BCUT2D eigenvalue weighted by atomic mass is 79.9. The second-order valence-electron chi connectivity index (χ2n) is 3.53. The number of nitrogens with zero attached hydrogens (tertiary/aromatic N) is 1. The first-order valence-electron chi connectivity index (χ1n) is 5.18. The van der Waals surface area contributed by atoms with Crippen LogP contribution in [-0.4, -0.2) is 23.7 Å². The second-order valence-corrected chi connectivity index (χ2v) is 4.89. The molecule has 0 bridgehead atoms. The van der Waals surface area contributed by atoms with Gasteiger partial charge in [-0.25, -0.2) is 0 Å². The number of carbonyl (C=O) groups excluding carboxylic acids is 1. The van der Waals surface area contributed by atoms with Gasteiger partial charge in [-0.3, -0.25) is 9.79 Å². The molecule has 17 heavy (non-hydrogen) atoms. The molecule has 1 heterocycles. The van der Waals surface area contributed by atoms with Gasteiger partial charge in [-0.1, -0.05) is 28.1 Å². The summed E-state index contributed by atoms with van der Waals surface area (Å²) in [6.45, 7) is 2.11. The third-order valence-corrected chi connectivity index (χ3v) is 3.38. The molecule has 0 spiro atoms. The molecular formula is C12H10BrNO2S. The molecule has 0 saturated carbocycles. The number of hydrogen-bond acceptors (Lipinski definition) is 4. The van der Waals surface area contributed by atoms with Crippen molar-refractivity contribution in [1.82, 2.24) is 0 Å². The molecule has 2 rings (SSSR count). The van der Waals surface area contributed by atoms with Crippen LogP contribution in [0.4, 0.5) is 5.69 Å². The zero-order valence-corrected chi connectivity index (χ0v) is 11.5. The van der Waals surface area contributed by atoms with Gasteiger partial charge >= 0.3 is 5.97 Å². The Kier molecular flexibility index (Phi) is 3.69. The summed E-state index contributed by atoms with van der Waals surface area (Å²) in [5.41, 5.74) is 1.61. The van der Waals surface area contributed by atoms with E-state index in [9.17, 15) is 4.79 Å². The van der Waals surface area contributed by atoms with Crippen LogP contribution in [0.25, 0.3) is 0 Å². The maximum atomic E-state index is 11.7. The van der Waals surface area contributed by atoms with E-state index in [4.69, 9.17) is 17.0 Å². The lowest BCUT2D eigenvalue weighted by atomic mass is 9.96. The van der Waals surface area contributed by atoms with Gasteiger partial charge < -0.3 is 4.74 Å². The van der Waals surface area contributed by atoms with E-state index in [1.165, 1.54) is 0 Å². The average molecular weight is 312 g/mol. The molecule has 0 N–H and O–H groups in total. The zero-order chi connectivity index (χ0) is 12.4. The Morgan fingerprint density at radius 3 is 3.06 bits per heavy atom. The lowest BCUT2D eigenvalue weighted by Gasteiger charge is -2.18. The minimum absolute atomic E-state index is 0.341. The fourth-order valence-electron chi connectivity index (χ4n) is 1.61. The highest BCUT2D eigenvalue weighted by Crippen LogP contribution is 2.30. The number of rotatable bonds is 2. The van der Waals surface area contributed by atoms with E-state index in [1.807, 2.05) is 18.2 Å². The summed E-state index contributed by atoms with van der Waals surface area (Å²) in [5, 5.41) is 0. The molecule has 0 saturated heterocycles. The molecule has 1 aliphatic rings. The Hall–Kier alpha value is -1.07. The van der Waals surface area contributed by atoms with Crippen molar-refractivity contribution in [2.24, 2.45) is 10.9 Å². The van der Waals surface area contributed by atoms with Gasteiger partial charge in [0, 0.05) is 21.1 Å². The third kappa shape index (κ3) is 2.45. The van der Waals surface area contributed by atoms with Crippen LogP contribution < -0.4 is 0 Å². The molecule has 5 heteroatoms. The molecule has 0 fully saturated rings. The number of thiocarbonyl (C=S) groups is 1. The van der Waals surface area contributed by atoms with Crippen molar-refractivity contribution in [2.75, 3.05) is 6.61 Å². The Morgan fingerprint density at radius 2 is 2.35 bits per heavy atom. The first kappa shape index (κ1) is 12.4. The number of hydrogen-bond donors (Lipinski definition) is 0. The average Bonchev–Trinajstić information content (AvgIpc) is 2.30. The summed E-state index contributed by atoms with van der Waals surface area (Å²) >= 11 is 8.70. The maximum absolute atomic E-state index is 11.7. The number of esters is 1. The van der Waals surface area contributed by atoms with Gasteiger partial charge in [0.05, 0.1) is 12.3 Å². The van der Waals surface area contributed by atoms with Crippen LogP contribution in [0, 0.1) is 5.92 Å². The SMILES string of the molecule is CCOC(=O)C1C=Nc2ccc(Br)cc2C1=S. The summed E-state index contributed by atoms with van der Waals surface area (Å²) in [5.74, 6) is -0.890. The summed E-state index contributed by atoms with van der Waals surface area (Å²) in [4.78, 5) is 16.5. The maximum Gasteiger partial charge on any atom is 0.319 e. The fraction of sp³-hybridized carbons (Fsp3) is 0.250. The van der Waals surface area contributed by atoms with Crippen molar-refractivity contribution in [3.05, 3.63) is 28.2 Å². The molecule has 0 radical (unpaired) electrons. The van der Waals surface area contributed by atoms with Gasteiger partial charge in [-0.2, -0.15) is 0 Å². The molecule has 1 unspecified atom stereocenters. The number of carbonyl (C=O) groups is 1. The van der Waals surface area contributed by atoms with Crippen LogP contribution in [0.1, 0.15) is 12.5 Å². The van der Waals surface area contributed by atoms with Crippen molar-refractivity contribution >= 4 is 50.9 Å². The minimum Gasteiger partial charge on any atom is -0.465 e. The predicted molar refractivity (Wildman–Crippen MR) is 74.1 cm³/mol. The summed E-state index contributed by atoms with van der Waals surface area (Å²) in [7, 11) is 0. The van der Waals surface area contributed by atoms with E-state index in [2.05, 4.69) is 20.9 Å². The van der Waals surface area contributed by atoms with Crippen molar-refractivity contribution < 1.29 is 9.53 Å². The van der Waals surface area contributed by atoms with Crippen LogP contribution in [0.3, 0.4) is 0 Å². The van der Waals surface area contributed by atoms with E-state index >= 15 is 0 Å². The predicted octanol–water partition coefficient (Wildman–Crippen LogP) is 3.06. The van der Waals surface area contributed by atoms with Crippen LogP contribution >= 0.6 is 28.1 Å². The molecule has 1 aromatic rings. The van der Waals surface area contributed by atoms with Crippen molar-refractivity contribution in [3.63, 3.8) is 0 Å². The topological polar surface area (TPSA) is 38.7 Å². The highest BCUT2D eigenvalue weighted by Gasteiger charge is 2.28. The van der Waals surface area contributed by atoms with Crippen molar-refractivity contribution in [1.29, 1.82) is 0 Å². The molecule has 0 amide bonds. The molecule has 0 aliphatic carbocycles. The second kappa shape index (κ2) is 5.06. The number of aliphatic imine (C=N–C) groups is 1. The molecular weight excluding hydrogens is 302 g/mol. The Balaban J connectivity index is 2.35. The van der Waals surface area contributed by atoms with E-state index in [0.717, 1.165) is 15.7 Å². The molecule has 88 valence electrons. The van der Waals surface area contributed by atoms with Crippen molar-refractivity contribution in [3.8, 4) is 0 Å². The van der Waals surface area contributed by atoms with Gasteiger partial charge in [0.15, 0.2) is 0 Å². The number of halogens is 1. The van der Waals surface area contributed by atoms with Gasteiger partial charge in [-0.15, -0.1) is 0 Å². The standard InChI is InChI=1S/C12H10BrNO2S/c1-2-16-12(15)9-6-14-10-4-3-7(13)5-8(10)11(9)17/h3-6,9H,2H2,1H3.